The standard InChI is InChI=1S/C12H20N6/c1-11(2,3)10-13-8-15-18(10)7-12(4,5)9-6-14-17-16-9/h6,8H,7H2,1-5H3,(H,14,16,17). The first-order valence-electron chi connectivity index (χ1n) is 6.05. The van der Waals surface area contributed by atoms with Gasteiger partial charge in [0.15, 0.2) is 0 Å². The summed E-state index contributed by atoms with van der Waals surface area (Å²) in [6, 6.07) is 0. The normalized spacial score (nSPS) is 12.9. The van der Waals surface area contributed by atoms with Gasteiger partial charge in [-0.05, 0) is 0 Å². The van der Waals surface area contributed by atoms with Gasteiger partial charge in [0.05, 0.1) is 18.4 Å². The van der Waals surface area contributed by atoms with Gasteiger partial charge in [-0.1, -0.05) is 34.6 Å². The van der Waals surface area contributed by atoms with Crippen molar-refractivity contribution in [1.29, 1.82) is 0 Å². The average molecular weight is 248 g/mol. The number of aromatic amines is 1. The molecule has 6 heteroatoms. The molecule has 98 valence electrons. The summed E-state index contributed by atoms with van der Waals surface area (Å²) < 4.78 is 1.95. The third-order valence-corrected chi connectivity index (χ3v) is 2.94. The second-order valence-electron chi connectivity index (χ2n) is 6.23. The van der Waals surface area contributed by atoms with E-state index in [4.69, 9.17) is 0 Å². The van der Waals surface area contributed by atoms with Gasteiger partial charge in [-0.2, -0.15) is 20.5 Å². The van der Waals surface area contributed by atoms with Crippen LogP contribution in [0.25, 0.3) is 0 Å². The van der Waals surface area contributed by atoms with Crippen LogP contribution < -0.4 is 0 Å². The van der Waals surface area contributed by atoms with E-state index in [2.05, 4.69) is 60.1 Å². The maximum Gasteiger partial charge on any atom is 0.138 e. The molecule has 2 rings (SSSR count). The molecule has 0 bridgehead atoms. The summed E-state index contributed by atoms with van der Waals surface area (Å²) in [6.45, 7) is 11.4. The molecule has 0 fully saturated rings. The highest BCUT2D eigenvalue weighted by atomic mass is 15.4. The summed E-state index contributed by atoms with van der Waals surface area (Å²) >= 11 is 0. The van der Waals surface area contributed by atoms with Gasteiger partial charge in [-0.3, -0.25) is 0 Å². The van der Waals surface area contributed by atoms with E-state index in [9.17, 15) is 0 Å². The van der Waals surface area contributed by atoms with Gasteiger partial charge in [-0.25, -0.2) is 9.67 Å². The van der Waals surface area contributed by atoms with Crippen molar-refractivity contribution in [2.75, 3.05) is 0 Å². The smallest absolute Gasteiger partial charge is 0.138 e. The van der Waals surface area contributed by atoms with Crippen molar-refractivity contribution in [1.82, 2.24) is 30.2 Å². The third-order valence-electron chi connectivity index (χ3n) is 2.94. The SMILES string of the molecule is CC(C)(C)c1ncnn1CC(C)(C)c1cn[nH]n1. The highest BCUT2D eigenvalue weighted by Crippen LogP contribution is 2.25. The molecular weight excluding hydrogens is 228 g/mol. The number of hydrogen-bond donors (Lipinski definition) is 1. The summed E-state index contributed by atoms with van der Waals surface area (Å²) in [5.41, 5.74) is 0.773. The molecule has 0 unspecified atom stereocenters. The van der Waals surface area contributed by atoms with E-state index >= 15 is 0 Å². The topological polar surface area (TPSA) is 72.3 Å². The number of nitrogens with one attached hydrogen (secondary N) is 1. The second kappa shape index (κ2) is 4.19. The lowest BCUT2D eigenvalue weighted by Gasteiger charge is -2.25. The summed E-state index contributed by atoms with van der Waals surface area (Å²) in [4.78, 5) is 4.36. The first-order chi connectivity index (χ1) is 8.31. The highest BCUT2D eigenvalue weighted by Gasteiger charge is 2.28. The molecule has 2 aromatic rings. The number of aromatic nitrogens is 6. The molecule has 0 aromatic carbocycles. The fraction of sp³-hybridized carbons (Fsp3) is 0.667. The predicted molar refractivity (Wildman–Crippen MR) is 68.1 cm³/mol. The van der Waals surface area contributed by atoms with E-state index in [1.165, 1.54) is 0 Å². The second-order valence-corrected chi connectivity index (χ2v) is 6.23. The fourth-order valence-corrected chi connectivity index (χ4v) is 1.94. The number of nitrogens with zero attached hydrogens (tertiary/aromatic N) is 5. The van der Waals surface area contributed by atoms with Crippen LogP contribution in [0.5, 0.6) is 0 Å². The monoisotopic (exact) mass is 248 g/mol. The molecular formula is C12H20N6. The summed E-state index contributed by atoms with van der Waals surface area (Å²) in [5.74, 6) is 0.985. The Morgan fingerprint density at radius 1 is 1.22 bits per heavy atom. The maximum atomic E-state index is 4.36. The molecule has 0 radical (unpaired) electrons. The zero-order valence-electron chi connectivity index (χ0n) is 11.6. The van der Waals surface area contributed by atoms with Crippen LogP contribution in [0.1, 0.15) is 46.1 Å². The molecule has 0 aliphatic heterocycles. The van der Waals surface area contributed by atoms with Gasteiger partial charge < -0.3 is 0 Å². The minimum Gasteiger partial charge on any atom is -0.249 e. The van der Waals surface area contributed by atoms with Crippen molar-refractivity contribution < 1.29 is 0 Å². The lowest BCUT2D eigenvalue weighted by molar-refractivity contribution is 0.367. The van der Waals surface area contributed by atoms with Crippen molar-refractivity contribution >= 4 is 0 Å². The Balaban J connectivity index is 2.28. The minimum absolute atomic E-state index is 0.0175. The van der Waals surface area contributed by atoms with Crippen molar-refractivity contribution in [2.45, 2.75) is 52.0 Å². The van der Waals surface area contributed by atoms with Gasteiger partial charge in [0.25, 0.3) is 0 Å². The van der Waals surface area contributed by atoms with Crippen molar-refractivity contribution in [3.63, 3.8) is 0 Å². The van der Waals surface area contributed by atoms with Crippen molar-refractivity contribution in [3.8, 4) is 0 Å². The molecule has 2 aromatic heterocycles. The quantitative estimate of drug-likeness (QED) is 0.896. The van der Waals surface area contributed by atoms with Crippen LogP contribution >= 0.6 is 0 Å². The van der Waals surface area contributed by atoms with Crippen molar-refractivity contribution in [2.24, 2.45) is 0 Å². The Hall–Kier alpha value is -1.72. The molecule has 0 atom stereocenters. The molecule has 0 amide bonds. The fourth-order valence-electron chi connectivity index (χ4n) is 1.94. The summed E-state index contributed by atoms with van der Waals surface area (Å²) in [5, 5.41) is 15.0. The summed E-state index contributed by atoms with van der Waals surface area (Å²) in [7, 11) is 0. The lowest BCUT2D eigenvalue weighted by Crippen LogP contribution is -2.29. The van der Waals surface area contributed by atoms with E-state index in [0.29, 0.717) is 0 Å². The Labute approximate surface area is 107 Å². The highest BCUT2D eigenvalue weighted by molar-refractivity contribution is 5.09. The van der Waals surface area contributed by atoms with Gasteiger partial charge >= 0.3 is 0 Å². The largest absolute Gasteiger partial charge is 0.249 e. The molecule has 18 heavy (non-hydrogen) atoms. The van der Waals surface area contributed by atoms with Crippen LogP contribution in [0, 0.1) is 0 Å². The van der Waals surface area contributed by atoms with Crippen molar-refractivity contribution in [3.05, 3.63) is 24.0 Å². The predicted octanol–water partition coefficient (Wildman–Crippen LogP) is 1.67. The van der Waals surface area contributed by atoms with Gasteiger partial charge in [0.1, 0.15) is 12.2 Å². The zero-order valence-corrected chi connectivity index (χ0v) is 11.6. The van der Waals surface area contributed by atoms with E-state index in [1.807, 2.05) is 4.68 Å². The molecule has 2 heterocycles. The van der Waals surface area contributed by atoms with E-state index in [0.717, 1.165) is 18.1 Å². The molecule has 0 aliphatic rings. The lowest BCUT2D eigenvalue weighted by atomic mass is 9.89. The van der Waals surface area contributed by atoms with Crippen LogP contribution in [-0.4, -0.2) is 30.2 Å². The van der Waals surface area contributed by atoms with Crippen LogP contribution in [0.2, 0.25) is 0 Å². The van der Waals surface area contributed by atoms with Crippen LogP contribution in [0.3, 0.4) is 0 Å². The zero-order chi connectivity index (χ0) is 13.4. The Kier molecular flexibility index (Phi) is 2.96. The Morgan fingerprint density at radius 2 is 1.94 bits per heavy atom. The minimum atomic E-state index is -0.138. The molecule has 6 nitrogen and oxygen atoms in total. The molecule has 0 spiro atoms. The number of hydrogen-bond acceptors (Lipinski definition) is 4. The van der Waals surface area contributed by atoms with E-state index < -0.39 is 0 Å². The number of H-pyrrole nitrogens is 1. The Morgan fingerprint density at radius 3 is 2.50 bits per heavy atom. The molecule has 1 N–H and O–H groups in total. The van der Waals surface area contributed by atoms with E-state index in [-0.39, 0.29) is 10.8 Å². The van der Waals surface area contributed by atoms with Crippen LogP contribution in [0.4, 0.5) is 0 Å². The first kappa shape index (κ1) is 12.7. The average Bonchev–Trinajstić information content (AvgIpc) is 2.83. The van der Waals surface area contributed by atoms with Crippen LogP contribution in [-0.2, 0) is 17.4 Å². The van der Waals surface area contributed by atoms with Crippen LogP contribution in [0.15, 0.2) is 12.5 Å². The van der Waals surface area contributed by atoms with Gasteiger partial charge in [0, 0.05) is 10.8 Å². The Bertz CT molecular complexity index is 503. The first-order valence-corrected chi connectivity index (χ1v) is 6.05. The third kappa shape index (κ3) is 2.42. The number of rotatable bonds is 3. The van der Waals surface area contributed by atoms with Gasteiger partial charge in [0.2, 0.25) is 0 Å². The molecule has 0 aliphatic carbocycles. The van der Waals surface area contributed by atoms with E-state index in [1.54, 1.807) is 12.5 Å². The summed E-state index contributed by atoms with van der Waals surface area (Å²) in [6.07, 6.45) is 3.37. The molecule has 0 saturated heterocycles. The maximum absolute atomic E-state index is 4.36. The van der Waals surface area contributed by atoms with Gasteiger partial charge in [-0.15, -0.1) is 0 Å². The molecule has 0 saturated carbocycles.